The van der Waals surface area contributed by atoms with Crippen molar-refractivity contribution in [2.75, 3.05) is 6.61 Å². The van der Waals surface area contributed by atoms with Crippen molar-refractivity contribution in [1.29, 1.82) is 0 Å². The number of ether oxygens (including phenoxy) is 2. The molecule has 1 saturated heterocycles. The summed E-state index contributed by atoms with van der Waals surface area (Å²) in [6.45, 7) is 2.33. The maximum Gasteiger partial charge on any atom is 0.251 e. The monoisotopic (exact) mass is 331 g/mol. The third kappa shape index (κ3) is 3.91. The van der Waals surface area contributed by atoms with E-state index in [9.17, 15) is 4.79 Å². The van der Waals surface area contributed by atoms with Gasteiger partial charge in [0, 0.05) is 16.1 Å². The third-order valence-electron chi connectivity index (χ3n) is 3.83. The topological polar surface area (TPSA) is 47.6 Å². The van der Waals surface area contributed by atoms with E-state index in [-0.39, 0.29) is 18.1 Å². The van der Waals surface area contributed by atoms with E-state index in [1.165, 1.54) is 0 Å². The van der Waals surface area contributed by atoms with Crippen LogP contribution < -0.4 is 5.32 Å². The lowest BCUT2D eigenvalue weighted by atomic mass is 10.1. The molecule has 2 aromatic carbocycles. The second-order valence-electron chi connectivity index (χ2n) is 5.50. The van der Waals surface area contributed by atoms with E-state index in [0.29, 0.717) is 17.2 Å². The van der Waals surface area contributed by atoms with Crippen molar-refractivity contribution in [3.8, 4) is 0 Å². The largest absolute Gasteiger partial charge is 0.346 e. The van der Waals surface area contributed by atoms with Gasteiger partial charge in [-0.25, -0.2) is 0 Å². The first kappa shape index (κ1) is 16.0. The number of rotatable bonds is 3. The molecule has 1 aliphatic rings. The summed E-state index contributed by atoms with van der Waals surface area (Å²) in [6, 6.07) is 16.3. The van der Waals surface area contributed by atoms with Crippen molar-refractivity contribution in [3.63, 3.8) is 0 Å². The maximum absolute atomic E-state index is 12.2. The third-order valence-corrected chi connectivity index (χ3v) is 4.08. The summed E-state index contributed by atoms with van der Waals surface area (Å²) in [6.07, 6.45) is -0.593. The maximum atomic E-state index is 12.2. The molecule has 1 fully saturated rings. The van der Waals surface area contributed by atoms with Crippen LogP contribution in [0.4, 0.5) is 0 Å². The van der Waals surface area contributed by atoms with E-state index in [2.05, 4.69) is 5.32 Å². The molecular weight excluding hydrogens is 314 g/mol. The average molecular weight is 332 g/mol. The molecule has 0 spiro atoms. The summed E-state index contributed by atoms with van der Waals surface area (Å²) in [7, 11) is 0. The van der Waals surface area contributed by atoms with E-state index >= 15 is 0 Å². The smallest absolute Gasteiger partial charge is 0.251 e. The lowest BCUT2D eigenvalue weighted by molar-refractivity contribution is -0.222. The molecule has 120 valence electrons. The van der Waals surface area contributed by atoms with Gasteiger partial charge in [-0.1, -0.05) is 41.9 Å². The Hall–Kier alpha value is -1.88. The van der Waals surface area contributed by atoms with Gasteiger partial charge in [-0.15, -0.1) is 0 Å². The van der Waals surface area contributed by atoms with Crippen LogP contribution in [0, 0.1) is 0 Å². The van der Waals surface area contributed by atoms with Crippen LogP contribution in [-0.4, -0.2) is 24.7 Å². The molecule has 0 bridgehead atoms. The van der Waals surface area contributed by atoms with Crippen molar-refractivity contribution in [3.05, 3.63) is 70.7 Å². The summed E-state index contributed by atoms with van der Waals surface area (Å²) < 4.78 is 11.6. The Kier molecular flexibility index (Phi) is 4.96. The van der Waals surface area contributed by atoms with Crippen LogP contribution in [0.2, 0.25) is 5.02 Å². The Balaban J connectivity index is 1.60. The van der Waals surface area contributed by atoms with Gasteiger partial charge in [-0.3, -0.25) is 4.79 Å². The highest BCUT2D eigenvalue weighted by Gasteiger charge is 2.31. The van der Waals surface area contributed by atoms with Gasteiger partial charge in [-0.2, -0.15) is 0 Å². The molecule has 2 aromatic rings. The highest BCUT2D eigenvalue weighted by molar-refractivity contribution is 6.30. The minimum Gasteiger partial charge on any atom is -0.346 e. The number of benzene rings is 2. The Morgan fingerprint density at radius 2 is 1.83 bits per heavy atom. The highest BCUT2D eigenvalue weighted by atomic mass is 35.5. The van der Waals surface area contributed by atoms with Crippen molar-refractivity contribution in [2.24, 2.45) is 0 Å². The molecule has 3 atom stereocenters. The SMILES string of the molecule is C[C@@H]1O[C@@H](c2ccc(Cl)cc2)OC[C@H]1NC(=O)c1ccccc1. The first-order valence-electron chi connectivity index (χ1n) is 7.52. The van der Waals surface area contributed by atoms with E-state index in [0.717, 1.165) is 5.56 Å². The van der Waals surface area contributed by atoms with Crippen LogP contribution >= 0.6 is 11.6 Å². The Labute approximate surface area is 140 Å². The quantitative estimate of drug-likeness (QED) is 0.935. The average Bonchev–Trinajstić information content (AvgIpc) is 2.58. The summed E-state index contributed by atoms with van der Waals surface area (Å²) in [5, 5.41) is 3.63. The van der Waals surface area contributed by atoms with E-state index in [1.54, 1.807) is 24.3 Å². The molecule has 1 aliphatic heterocycles. The second kappa shape index (κ2) is 7.13. The molecule has 0 radical (unpaired) electrons. The van der Waals surface area contributed by atoms with Gasteiger partial charge in [0.15, 0.2) is 6.29 Å². The second-order valence-corrected chi connectivity index (χ2v) is 5.94. The van der Waals surface area contributed by atoms with Crippen LogP contribution in [0.3, 0.4) is 0 Å². The molecule has 0 aliphatic carbocycles. The zero-order chi connectivity index (χ0) is 16.2. The van der Waals surface area contributed by atoms with Crippen molar-refractivity contribution in [2.45, 2.75) is 25.4 Å². The summed E-state index contributed by atoms with van der Waals surface area (Å²) in [5.74, 6) is -0.125. The zero-order valence-corrected chi connectivity index (χ0v) is 13.5. The standard InChI is InChI=1S/C18H18ClNO3/c1-12-16(20-17(21)13-5-3-2-4-6-13)11-22-18(23-12)14-7-9-15(19)10-8-14/h2-10,12,16,18H,11H2,1H3,(H,20,21)/t12-,16+,18-/m0/s1. The normalized spacial score (nSPS) is 24.2. The first-order chi connectivity index (χ1) is 11.1. The highest BCUT2D eigenvalue weighted by Crippen LogP contribution is 2.27. The van der Waals surface area contributed by atoms with Gasteiger partial charge < -0.3 is 14.8 Å². The molecular formula is C18H18ClNO3. The molecule has 5 heteroatoms. The fourth-order valence-electron chi connectivity index (χ4n) is 2.45. The molecule has 0 unspecified atom stereocenters. The lowest BCUT2D eigenvalue weighted by Gasteiger charge is -2.35. The van der Waals surface area contributed by atoms with Crippen LogP contribution in [0.25, 0.3) is 0 Å². The molecule has 1 amide bonds. The van der Waals surface area contributed by atoms with E-state index in [4.69, 9.17) is 21.1 Å². The van der Waals surface area contributed by atoms with Crippen LogP contribution in [0.15, 0.2) is 54.6 Å². The Bertz CT molecular complexity index is 660. The zero-order valence-electron chi connectivity index (χ0n) is 12.7. The Morgan fingerprint density at radius 3 is 2.48 bits per heavy atom. The number of halogens is 1. The molecule has 1 N–H and O–H groups in total. The van der Waals surface area contributed by atoms with Gasteiger partial charge in [0.1, 0.15) is 0 Å². The fourth-order valence-corrected chi connectivity index (χ4v) is 2.58. The Morgan fingerprint density at radius 1 is 1.13 bits per heavy atom. The van der Waals surface area contributed by atoms with Crippen LogP contribution in [-0.2, 0) is 9.47 Å². The number of carbonyl (C=O) groups excluding carboxylic acids is 1. The van der Waals surface area contributed by atoms with E-state index < -0.39 is 6.29 Å². The molecule has 23 heavy (non-hydrogen) atoms. The van der Waals surface area contributed by atoms with Gasteiger partial charge >= 0.3 is 0 Å². The van der Waals surface area contributed by atoms with Gasteiger partial charge in [0.25, 0.3) is 5.91 Å². The predicted molar refractivity (Wildman–Crippen MR) is 88.4 cm³/mol. The lowest BCUT2D eigenvalue weighted by Crippen LogP contribution is -2.50. The van der Waals surface area contributed by atoms with Crippen LogP contribution in [0.1, 0.15) is 29.1 Å². The van der Waals surface area contributed by atoms with Gasteiger partial charge in [0.2, 0.25) is 0 Å². The molecule has 1 heterocycles. The van der Waals surface area contributed by atoms with E-state index in [1.807, 2.05) is 37.3 Å². The fraction of sp³-hybridized carbons (Fsp3) is 0.278. The molecule has 0 saturated carbocycles. The minimum atomic E-state index is -0.438. The number of amides is 1. The number of nitrogens with one attached hydrogen (secondary N) is 1. The minimum absolute atomic E-state index is 0.125. The van der Waals surface area contributed by atoms with Crippen LogP contribution in [0.5, 0.6) is 0 Å². The van der Waals surface area contributed by atoms with Gasteiger partial charge in [-0.05, 0) is 31.2 Å². The van der Waals surface area contributed by atoms with Crippen molar-refractivity contribution < 1.29 is 14.3 Å². The molecule has 3 rings (SSSR count). The summed E-state index contributed by atoms with van der Waals surface area (Å²) in [4.78, 5) is 12.2. The van der Waals surface area contributed by atoms with Crippen molar-refractivity contribution >= 4 is 17.5 Å². The first-order valence-corrected chi connectivity index (χ1v) is 7.90. The molecule has 0 aromatic heterocycles. The summed E-state index contributed by atoms with van der Waals surface area (Å²) >= 11 is 5.89. The van der Waals surface area contributed by atoms with Crippen molar-refractivity contribution in [1.82, 2.24) is 5.32 Å². The number of hydrogen-bond acceptors (Lipinski definition) is 3. The molecule has 4 nitrogen and oxygen atoms in total. The van der Waals surface area contributed by atoms with Gasteiger partial charge in [0.05, 0.1) is 18.8 Å². The number of carbonyl (C=O) groups is 1. The summed E-state index contributed by atoms with van der Waals surface area (Å²) in [5.41, 5.74) is 1.54. The number of hydrogen-bond donors (Lipinski definition) is 1. The predicted octanol–water partition coefficient (Wildman–Crippen LogP) is 3.57.